The molecule has 2 heterocycles. The molecule has 0 unspecified atom stereocenters. The average Bonchev–Trinajstić information content (AvgIpc) is 2.81. The lowest BCUT2D eigenvalue weighted by Gasteiger charge is -2.26. The van der Waals surface area contributed by atoms with Gasteiger partial charge in [0.15, 0.2) is 0 Å². The smallest absolute Gasteiger partial charge is 0.257 e. The summed E-state index contributed by atoms with van der Waals surface area (Å²) >= 11 is 6.23. The number of hydrogen-bond donors (Lipinski definition) is 2. The number of aryl methyl sites for hydroxylation is 1. The summed E-state index contributed by atoms with van der Waals surface area (Å²) in [6, 6.07) is 13.1. The number of anilines is 3. The minimum atomic E-state index is -3.67. The Bertz CT molecular complexity index is 1260. The predicted molar refractivity (Wildman–Crippen MR) is 129 cm³/mol. The lowest BCUT2D eigenvalue weighted by Crippen LogP contribution is -2.35. The first-order chi connectivity index (χ1) is 15.8. The van der Waals surface area contributed by atoms with Crippen molar-refractivity contribution in [3.8, 4) is 0 Å². The number of sulfonamides is 1. The standard InChI is InChI=1S/C23H24ClN5O3S/c1-16-13-22(26-15-25-16)27-17-5-7-18(8-6-17)28-23(30)20-14-19(9-10-21(20)24)33(31,32)29-11-3-2-4-12-29/h5-10,13-15H,2-4,11-12H2,1H3,(H,28,30)(H,25,26,27). The Morgan fingerprint density at radius 2 is 1.67 bits per heavy atom. The monoisotopic (exact) mass is 485 g/mol. The van der Waals surface area contributed by atoms with E-state index in [1.54, 1.807) is 24.3 Å². The van der Waals surface area contributed by atoms with Crippen LogP contribution in [-0.4, -0.2) is 41.7 Å². The minimum Gasteiger partial charge on any atom is -0.340 e. The second kappa shape index (κ2) is 9.86. The van der Waals surface area contributed by atoms with Crippen molar-refractivity contribution in [1.29, 1.82) is 0 Å². The molecule has 0 bridgehead atoms. The number of piperidine rings is 1. The molecule has 2 aromatic carbocycles. The first-order valence-electron chi connectivity index (χ1n) is 10.6. The normalized spacial score (nSPS) is 14.6. The van der Waals surface area contributed by atoms with Gasteiger partial charge >= 0.3 is 0 Å². The number of nitrogens with one attached hydrogen (secondary N) is 2. The van der Waals surface area contributed by atoms with E-state index in [2.05, 4.69) is 20.6 Å². The molecule has 1 aliphatic heterocycles. The van der Waals surface area contributed by atoms with Crippen molar-refractivity contribution < 1.29 is 13.2 Å². The summed E-state index contributed by atoms with van der Waals surface area (Å²) in [5.41, 5.74) is 2.29. The van der Waals surface area contributed by atoms with Gasteiger partial charge in [-0.25, -0.2) is 18.4 Å². The Kier molecular flexibility index (Phi) is 6.92. The second-order valence-corrected chi connectivity index (χ2v) is 10.2. The fourth-order valence-electron chi connectivity index (χ4n) is 3.60. The van der Waals surface area contributed by atoms with E-state index in [4.69, 9.17) is 11.6 Å². The highest BCUT2D eigenvalue weighted by atomic mass is 35.5. The Labute approximate surface area is 198 Å². The van der Waals surface area contributed by atoms with Gasteiger partial charge in [0.05, 0.1) is 15.5 Å². The number of amides is 1. The molecular weight excluding hydrogens is 462 g/mol. The molecule has 0 spiro atoms. The van der Waals surface area contributed by atoms with E-state index in [1.807, 2.05) is 13.0 Å². The highest BCUT2D eigenvalue weighted by Crippen LogP contribution is 2.26. The molecule has 1 aliphatic rings. The van der Waals surface area contributed by atoms with E-state index in [-0.39, 0.29) is 15.5 Å². The molecule has 0 atom stereocenters. The molecule has 33 heavy (non-hydrogen) atoms. The van der Waals surface area contributed by atoms with Gasteiger partial charge in [-0.05, 0) is 62.2 Å². The van der Waals surface area contributed by atoms with Gasteiger partial charge in [-0.3, -0.25) is 4.79 Å². The number of rotatable bonds is 6. The highest BCUT2D eigenvalue weighted by Gasteiger charge is 2.27. The summed E-state index contributed by atoms with van der Waals surface area (Å²) < 4.78 is 27.4. The third-order valence-electron chi connectivity index (χ3n) is 5.35. The van der Waals surface area contributed by atoms with Crippen molar-refractivity contribution in [2.75, 3.05) is 23.7 Å². The lowest BCUT2D eigenvalue weighted by atomic mass is 10.2. The van der Waals surface area contributed by atoms with Gasteiger partial charge in [0.2, 0.25) is 10.0 Å². The van der Waals surface area contributed by atoms with Crippen LogP contribution < -0.4 is 10.6 Å². The van der Waals surface area contributed by atoms with Crippen molar-refractivity contribution in [2.24, 2.45) is 0 Å². The third-order valence-corrected chi connectivity index (χ3v) is 7.58. The van der Waals surface area contributed by atoms with Crippen LogP contribution >= 0.6 is 11.6 Å². The highest BCUT2D eigenvalue weighted by molar-refractivity contribution is 7.89. The Morgan fingerprint density at radius 1 is 0.970 bits per heavy atom. The molecule has 2 N–H and O–H groups in total. The maximum absolute atomic E-state index is 13.0. The van der Waals surface area contributed by atoms with Crippen LogP contribution in [0.15, 0.2) is 59.8 Å². The summed E-state index contributed by atoms with van der Waals surface area (Å²) in [6.45, 7) is 2.85. The zero-order chi connectivity index (χ0) is 23.4. The fraction of sp³-hybridized carbons (Fsp3) is 0.261. The number of aromatic nitrogens is 2. The van der Waals surface area contributed by atoms with E-state index < -0.39 is 15.9 Å². The molecule has 0 aliphatic carbocycles. The third kappa shape index (κ3) is 5.50. The van der Waals surface area contributed by atoms with Crippen LogP contribution in [-0.2, 0) is 10.0 Å². The Hall–Kier alpha value is -3.01. The molecule has 172 valence electrons. The Balaban J connectivity index is 1.48. The molecule has 4 rings (SSSR count). The minimum absolute atomic E-state index is 0.0682. The number of carbonyl (C=O) groups is 1. The number of nitrogens with zero attached hydrogens (tertiary/aromatic N) is 3. The largest absolute Gasteiger partial charge is 0.340 e. The van der Waals surface area contributed by atoms with Crippen LogP contribution in [0.4, 0.5) is 17.2 Å². The number of carbonyl (C=O) groups excluding carboxylic acids is 1. The van der Waals surface area contributed by atoms with Gasteiger partial charge in [-0.2, -0.15) is 4.31 Å². The van der Waals surface area contributed by atoms with Crippen LogP contribution in [0.2, 0.25) is 5.02 Å². The van der Waals surface area contributed by atoms with Gasteiger partial charge in [-0.1, -0.05) is 18.0 Å². The summed E-state index contributed by atoms with van der Waals surface area (Å²) in [6.07, 6.45) is 4.17. The first kappa shape index (κ1) is 23.2. The fourth-order valence-corrected chi connectivity index (χ4v) is 5.35. The van der Waals surface area contributed by atoms with Crippen LogP contribution in [0.5, 0.6) is 0 Å². The summed E-state index contributed by atoms with van der Waals surface area (Å²) in [5, 5.41) is 6.12. The van der Waals surface area contributed by atoms with Crippen LogP contribution in [0.1, 0.15) is 35.3 Å². The van der Waals surface area contributed by atoms with Crippen molar-refractivity contribution in [3.05, 3.63) is 71.1 Å². The zero-order valence-electron chi connectivity index (χ0n) is 18.1. The average molecular weight is 486 g/mol. The molecule has 0 saturated carbocycles. The van der Waals surface area contributed by atoms with E-state index in [0.29, 0.717) is 24.6 Å². The maximum atomic E-state index is 13.0. The van der Waals surface area contributed by atoms with Crippen molar-refractivity contribution >= 4 is 44.7 Å². The quantitative estimate of drug-likeness (QED) is 0.528. The van der Waals surface area contributed by atoms with Crippen LogP contribution in [0, 0.1) is 6.92 Å². The zero-order valence-corrected chi connectivity index (χ0v) is 19.7. The number of halogens is 1. The molecule has 0 radical (unpaired) electrons. The van der Waals surface area contributed by atoms with E-state index >= 15 is 0 Å². The van der Waals surface area contributed by atoms with E-state index in [0.717, 1.165) is 30.6 Å². The number of hydrogen-bond acceptors (Lipinski definition) is 6. The van der Waals surface area contributed by atoms with Gasteiger partial charge in [0.1, 0.15) is 12.1 Å². The maximum Gasteiger partial charge on any atom is 0.257 e. The summed E-state index contributed by atoms with van der Waals surface area (Å²) in [5.74, 6) is 0.181. The lowest BCUT2D eigenvalue weighted by molar-refractivity contribution is 0.102. The predicted octanol–water partition coefficient (Wildman–Crippen LogP) is 4.61. The van der Waals surface area contributed by atoms with E-state index in [1.165, 1.54) is 28.8 Å². The van der Waals surface area contributed by atoms with Crippen LogP contribution in [0.25, 0.3) is 0 Å². The van der Waals surface area contributed by atoms with Gasteiger partial charge in [0, 0.05) is 36.2 Å². The molecule has 3 aromatic rings. The van der Waals surface area contributed by atoms with Crippen LogP contribution in [0.3, 0.4) is 0 Å². The Morgan fingerprint density at radius 3 is 2.36 bits per heavy atom. The molecule has 1 aromatic heterocycles. The second-order valence-electron chi connectivity index (χ2n) is 7.81. The van der Waals surface area contributed by atoms with E-state index in [9.17, 15) is 13.2 Å². The molecule has 1 amide bonds. The molecule has 1 saturated heterocycles. The summed E-state index contributed by atoms with van der Waals surface area (Å²) in [7, 11) is -3.67. The SMILES string of the molecule is Cc1cc(Nc2ccc(NC(=O)c3cc(S(=O)(=O)N4CCCCC4)ccc3Cl)cc2)ncn1. The van der Waals surface area contributed by atoms with Crippen molar-refractivity contribution in [2.45, 2.75) is 31.1 Å². The first-order valence-corrected chi connectivity index (χ1v) is 12.4. The van der Waals surface area contributed by atoms with Crippen molar-refractivity contribution in [3.63, 3.8) is 0 Å². The van der Waals surface area contributed by atoms with Crippen molar-refractivity contribution in [1.82, 2.24) is 14.3 Å². The molecule has 1 fully saturated rings. The molecule has 10 heteroatoms. The topological polar surface area (TPSA) is 104 Å². The van der Waals surface area contributed by atoms with Gasteiger partial charge < -0.3 is 10.6 Å². The number of benzene rings is 2. The summed E-state index contributed by atoms with van der Waals surface area (Å²) in [4.78, 5) is 21.2. The van der Waals surface area contributed by atoms with Gasteiger partial charge in [0.25, 0.3) is 5.91 Å². The molecule has 8 nitrogen and oxygen atoms in total. The van der Waals surface area contributed by atoms with Gasteiger partial charge in [-0.15, -0.1) is 0 Å². The molecular formula is C23H24ClN5O3S.